The van der Waals surface area contributed by atoms with Crippen LogP contribution >= 0.6 is 0 Å². The van der Waals surface area contributed by atoms with Crippen molar-refractivity contribution in [3.05, 3.63) is 70.8 Å². The van der Waals surface area contributed by atoms with Crippen molar-refractivity contribution in [2.75, 3.05) is 13.7 Å². The molecule has 0 aliphatic rings. The molecule has 2 rings (SSSR count). The molecule has 2 aromatic carbocycles. The van der Waals surface area contributed by atoms with Gasteiger partial charge in [-0.15, -0.1) is 0 Å². The summed E-state index contributed by atoms with van der Waals surface area (Å²) in [6.07, 6.45) is -2.08. The van der Waals surface area contributed by atoms with E-state index in [1.54, 1.807) is 18.2 Å². The van der Waals surface area contributed by atoms with Crippen molar-refractivity contribution in [3.63, 3.8) is 0 Å². The fourth-order valence-corrected chi connectivity index (χ4v) is 2.94. The highest BCUT2D eigenvalue weighted by Gasteiger charge is 2.62. The summed E-state index contributed by atoms with van der Waals surface area (Å²) in [5.41, 5.74) is 0.0287. The summed E-state index contributed by atoms with van der Waals surface area (Å²) in [6.45, 7) is 5.92. The molecule has 0 unspecified atom stereocenters. The molecular weight excluding hydrogens is 433 g/mol. The van der Waals surface area contributed by atoms with Crippen LogP contribution in [0.5, 0.6) is 11.5 Å². The van der Waals surface area contributed by atoms with Gasteiger partial charge in [0.15, 0.2) is 5.71 Å². The first-order valence-corrected chi connectivity index (χ1v) is 9.64. The van der Waals surface area contributed by atoms with Crippen molar-refractivity contribution < 1.29 is 36.3 Å². The Morgan fingerprint density at radius 1 is 1.00 bits per heavy atom. The van der Waals surface area contributed by atoms with Crippen molar-refractivity contribution in [1.82, 2.24) is 0 Å². The van der Waals surface area contributed by atoms with Gasteiger partial charge in [-0.25, -0.2) is 0 Å². The van der Waals surface area contributed by atoms with Crippen LogP contribution in [0.2, 0.25) is 0 Å². The molecule has 0 bridgehead atoms. The maximum atomic E-state index is 13.9. The number of ether oxygens (including phenoxy) is 2. The third-order valence-electron chi connectivity index (χ3n) is 4.44. The quantitative estimate of drug-likeness (QED) is 0.190. The fraction of sp³-hybridized carbons (Fsp3) is 0.348. The van der Waals surface area contributed by atoms with E-state index in [0.29, 0.717) is 23.7 Å². The Kier molecular flexibility index (Phi) is 8.24. The Morgan fingerprint density at radius 2 is 1.66 bits per heavy atom. The van der Waals surface area contributed by atoms with Crippen LogP contribution in [-0.4, -0.2) is 31.5 Å². The molecule has 0 spiro atoms. The van der Waals surface area contributed by atoms with Gasteiger partial charge in [0.2, 0.25) is 0 Å². The Balaban J connectivity index is 2.24. The van der Waals surface area contributed by atoms with Crippen molar-refractivity contribution in [1.29, 1.82) is 0 Å². The third-order valence-corrected chi connectivity index (χ3v) is 4.44. The first-order valence-electron chi connectivity index (χ1n) is 9.64. The molecule has 0 saturated heterocycles. The molecule has 0 radical (unpaired) electrons. The van der Waals surface area contributed by atoms with Gasteiger partial charge < -0.3 is 14.3 Å². The van der Waals surface area contributed by atoms with Gasteiger partial charge in [0, 0.05) is 5.56 Å². The summed E-state index contributed by atoms with van der Waals surface area (Å²) in [4.78, 5) is 4.25. The van der Waals surface area contributed by atoms with Gasteiger partial charge in [0.05, 0.1) is 0 Å². The number of rotatable bonds is 9. The van der Waals surface area contributed by atoms with Gasteiger partial charge in [0.25, 0.3) is 0 Å². The molecule has 0 amide bonds. The maximum Gasteiger partial charge on any atom is 0.459 e. The van der Waals surface area contributed by atoms with Gasteiger partial charge in [-0.1, -0.05) is 35.5 Å². The van der Waals surface area contributed by atoms with E-state index in [4.69, 9.17) is 9.47 Å². The first-order chi connectivity index (χ1) is 15.0. The lowest BCUT2D eigenvalue weighted by atomic mass is 10.0. The van der Waals surface area contributed by atoms with Gasteiger partial charge in [0.1, 0.15) is 31.8 Å². The van der Waals surface area contributed by atoms with Crippen LogP contribution in [0.3, 0.4) is 0 Å². The van der Waals surface area contributed by atoms with Crippen molar-refractivity contribution in [2.24, 2.45) is 5.16 Å². The van der Waals surface area contributed by atoms with E-state index in [2.05, 4.69) is 9.99 Å². The molecule has 2 aromatic rings. The molecule has 174 valence electrons. The number of alkyl halides is 5. The van der Waals surface area contributed by atoms with Gasteiger partial charge >= 0.3 is 12.1 Å². The topological polar surface area (TPSA) is 40.0 Å². The smallest absolute Gasteiger partial charge is 0.459 e. The van der Waals surface area contributed by atoms with Gasteiger partial charge in [-0.3, -0.25) is 0 Å². The second kappa shape index (κ2) is 10.5. The van der Waals surface area contributed by atoms with E-state index >= 15 is 0 Å². The predicted molar refractivity (Wildman–Crippen MR) is 112 cm³/mol. The Hall–Kier alpha value is -3.10. The number of nitrogens with zero attached hydrogens (tertiary/aromatic N) is 1. The zero-order valence-corrected chi connectivity index (χ0v) is 18.1. The largest absolute Gasteiger partial charge is 0.490 e. The number of oxime groups is 1. The normalized spacial score (nSPS) is 12.8. The molecule has 0 aliphatic heterocycles. The zero-order valence-electron chi connectivity index (χ0n) is 18.1. The number of benzene rings is 2. The van der Waals surface area contributed by atoms with Crippen molar-refractivity contribution in [2.45, 2.75) is 39.5 Å². The minimum atomic E-state index is -5.82. The lowest BCUT2D eigenvalue weighted by Crippen LogP contribution is -2.44. The predicted octanol–water partition coefficient (Wildman–Crippen LogP) is 6.39. The third kappa shape index (κ3) is 5.99. The van der Waals surface area contributed by atoms with Gasteiger partial charge in [-0.05, 0) is 55.7 Å². The standard InChI is InChI=1S/C23H24F5NO3/c1-5-6-10-31-19-11-15(2)20(16(3)12-19)32-14-17-8-7-9-18(13-17)21(29-30-4)22(24,25)23(26,27)28/h5-9,11-13H,10,14H2,1-4H3/b6-5+,29-21?. The average Bonchev–Trinajstić information content (AvgIpc) is 2.71. The molecule has 32 heavy (non-hydrogen) atoms. The van der Waals surface area contributed by atoms with E-state index in [1.165, 1.54) is 6.07 Å². The van der Waals surface area contributed by atoms with Crippen molar-refractivity contribution >= 4 is 5.71 Å². The summed E-state index contributed by atoms with van der Waals surface area (Å²) in [7, 11) is 0.900. The highest BCUT2D eigenvalue weighted by atomic mass is 19.4. The van der Waals surface area contributed by atoms with Crippen LogP contribution in [0, 0.1) is 13.8 Å². The van der Waals surface area contributed by atoms with Crippen LogP contribution < -0.4 is 9.47 Å². The maximum absolute atomic E-state index is 13.9. The zero-order chi connectivity index (χ0) is 23.9. The van der Waals surface area contributed by atoms with Crippen LogP contribution in [0.15, 0.2) is 53.7 Å². The monoisotopic (exact) mass is 457 g/mol. The minimum Gasteiger partial charge on any atom is -0.490 e. The molecule has 0 aromatic heterocycles. The van der Waals surface area contributed by atoms with Crippen LogP contribution in [0.25, 0.3) is 0 Å². The highest BCUT2D eigenvalue weighted by molar-refractivity contribution is 6.06. The van der Waals surface area contributed by atoms with E-state index in [0.717, 1.165) is 30.4 Å². The second-order valence-electron chi connectivity index (χ2n) is 6.95. The van der Waals surface area contributed by atoms with E-state index in [-0.39, 0.29) is 6.61 Å². The fourth-order valence-electron chi connectivity index (χ4n) is 2.94. The number of allylic oxidation sites excluding steroid dienone is 1. The molecule has 0 aliphatic carbocycles. The summed E-state index contributed by atoms with van der Waals surface area (Å²) in [6, 6.07) is 8.78. The summed E-state index contributed by atoms with van der Waals surface area (Å²) in [5.74, 6) is -3.94. The van der Waals surface area contributed by atoms with E-state index in [1.807, 2.05) is 32.9 Å². The van der Waals surface area contributed by atoms with Gasteiger partial charge in [-0.2, -0.15) is 22.0 Å². The molecule has 9 heteroatoms. The number of aryl methyl sites for hydroxylation is 2. The van der Waals surface area contributed by atoms with Crippen LogP contribution in [0.1, 0.15) is 29.2 Å². The molecule has 4 nitrogen and oxygen atoms in total. The minimum absolute atomic E-state index is 0.0495. The molecule has 0 N–H and O–H groups in total. The Labute approximate surface area is 183 Å². The summed E-state index contributed by atoms with van der Waals surface area (Å²) in [5, 5.41) is 2.95. The first kappa shape index (κ1) is 25.2. The number of hydrogen-bond donors (Lipinski definition) is 0. The van der Waals surface area contributed by atoms with Crippen molar-refractivity contribution in [3.8, 4) is 11.5 Å². The molecule has 0 saturated carbocycles. The lowest BCUT2D eigenvalue weighted by Gasteiger charge is -2.21. The number of halogens is 5. The number of hydrogen-bond acceptors (Lipinski definition) is 4. The highest BCUT2D eigenvalue weighted by Crippen LogP contribution is 2.39. The molecular formula is C23H24F5NO3. The molecule has 0 fully saturated rings. The van der Waals surface area contributed by atoms with E-state index in [9.17, 15) is 22.0 Å². The lowest BCUT2D eigenvalue weighted by molar-refractivity contribution is -0.249. The summed E-state index contributed by atoms with van der Waals surface area (Å²) >= 11 is 0. The Bertz CT molecular complexity index is 961. The molecule has 0 atom stereocenters. The van der Waals surface area contributed by atoms with Crippen LogP contribution in [0.4, 0.5) is 22.0 Å². The second-order valence-corrected chi connectivity index (χ2v) is 6.95. The SMILES string of the molecule is C/C=C/COc1cc(C)c(OCc2cccc(C(=NOC)C(F)(F)C(F)(F)F)c2)c(C)c1. The average molecular weight is 457 g/mol. The Morgan fingerprint density at radius 3 is 2.22 bits per heavy atom. The van der Waals surface area contributed by atoms with E-state index < -0.39 is 23.4 Å². The summed E-state index contributed by atoms with van der Waals surface area (Å²) < 4.78 is 77.9. The van der Waals surface area contributed by atoms with Crippen LogP contribution in [-0.2, 0) is 11.4 Å². The molecule has 0 heterocycles.